The molecule has 0 radical (unpaired) electrons. The lowest BCUT2D eigenvalue weighted by Crippen LogP contribution is -2.30. The van der Waals surface area contributed by atoms with Gasteiger partial charge in [0, 0.05) is 47.5 Å². The Morgan fingerprint density at radius 3 is 2.73 bits per heavy atom. The van der Waals surface area contributed by atoms with Crippen LogP contribution < -0.4 is 10.2 Å². The van der Waals surface area contributed by atoms with E-state index in [1.165, 1.54) is 19.3 Å². The Hall–Kier alpha value is -4.20. The summed E-state index contributed by atoms with van der Waals surface area (Å²) in [5.74, 6) is 1.59. The minimum absolute atomic E-state index is 0.538. The fourth-order valence-corrected chi connectivity index (χ4v) is 5.20. The maximum Gasteiger partial charge on any atom is 0.137 e. The van der Waals surface area contributed by atoms with Crippen LogP contribution in [-0.4, -0.2) is 43.2 Å². The van der Waals surface area contributed by atoms with Gasteiger partial charge in [-0.3, -0.25) is 15.1 Å². The summed E-state index contributed by atoms with van der Waals surface area (Å²) in [6.45, 7) is 10.6. The monoisotopic (exact) mass is 492 g/mol. The minimum atomic E-state index is 0.538. The lowest BCUT2D eigenvalue weighted by molar-refractivity contribution is 0.575. The number of piperidine rings is 1. The van der Waals surface area contributed by atoms with Crippen molar-refractivity contribution < 1.29 is 0 Å². The van der Waals surface area contributed by atoms with Gasteiger partial charge in [-0.15, -0.1) is 0 Å². The van der Waals surface area contributed by atoms with Crippen molar-refractivity contribution in [3.8, 4) is 22.6 Å². The highest BCUT2D eigenvalue weighted by Crippen LogP contribution is 2.34. The average molecular weight is 493 g/mol. The van der Waals surface area contributed by atoms with Gasteiger partial charge < -0.3 is 15.2 Å². The number of rotatable bonds is 7. The van der Waals surface area contributed by atoms with E-state index >= 15 is 0 Å². The van der Waals surface area contributed by atoms with Crippen molar-refractivity contribution in [3.63, 3.8) is 0 Å². The minimum Gasteiger partial charge on any atom is -0.358 e. The molecular weight excluding hydrogens is 460 g/mol. The van der Waals surface area contributed by atoms with Crippen LogP contribution in [0.4, 0.5) is 11.5 Å². The SMILES string of the molecule is C=C(CC(C)C)Nc1cncc(-c2cc3c(-c4cc5c(N6CCCCC6)nccc5[nH]4)n[nH]c3cn2)c1. The summed E-state index contributed by atoms with van der Waals surface area (Å²) in [6, 6.07) is 8.35. The Kier molecular flexibility index (Phi) is 6.08. The summed E-state index contributed by atoms with van der Waals surface area (Å²) in [4.78, 5) is 19.8. The van der Waals surface area contributed by atoms with Crippen LogP contribution in [0.25, 0.3) is 44.5 Å². The molecule has 5 aromatic rings. The summed E-state index contributed by atoms with van der Waals surface area (Å²) in [7, 11) is 0. The molecule has 188 valence electrons. The van der Waals surface area contributed by atoms with Crippen molar-refractivity contribution in [2.75, 3.05) is 23.3 Å². The second-order valence-corrected chi connectivity index (χ2v) is 10.3. The number of hydrogen-bond donors (Lipinski definition) is 3. The van der Waals surface area contributed by atoms with Gasteiger partial charge in [0.25, 0.3) is 0 Å². The first-order chi connectivity index (χ1) is 18.0. The fraction of sp³-hybridized carbons (Fsp3) is 0.310. The molecule has 6 heterocycles. The molecule has 0 spiro atoms. The predicted molar refractivity (Wildman–Crippen MR) is 150 cm³/mol. The standard InChI is InChI=1S/C29H32N8/c1-18(2)11-19(3)33-21-12-20(15-30-16-21)25-13-22-27(17-32-25)35-36-28(22)26-14-23-24(34-26)7-8-31-29(23)37-9-5-4-6-10-37/h7-8,12-18,33-34H,3-6,9-11H2,1-2H3,(H,35,36). The number of nitrogens with zero attached hydrogens (tertiary/aromatic N) is 5. The third-order valence-corrected chi connectivity index (χ3v) is 6.89. The quantitative estimate of drug-likeness (QED) is 0.239. The highest BCUT2D eigenvalue weighted by Gasteiger charge is 2.18. The molecule has 8 heteroatoms. The van der Waals surface area contributed by atoms with E-state index in [0.717, 1.165) is 81.2 Å². The molecule has 1 aliphatic heterocycles. The predicted octanol–water partition coefficient (Wildman–Crippen LogP) is 6.53. The molecule has 0 aromatic carbocycles. The zero-order valence-corrected chi connectivity index (χ0v) is 21.4. The van der Waals surface area contributed by atoms with E-state index in [-0.39, 0.29) is 0 Å². The van der Waals surface area contributed by atoms with Gasteiger partial charge in [0.15, 0.2) is 0 Å². The average Bonchev–Trinajstić information content (AvgIpc) is 3.52. The number of anilines is 2. The summed E-state index contributed by atoms with van der Waals surface area (Å²) in [5.41, 5.74) is 7.45. The Morgan fingerprint density at radius 2 is 1.89 bits per heavy atom. The van der Waals surface area contributed by atoms with Gasteiger partial charge in [0.05, 0.1) is 40.5 Å². The van der Waals surface area contributed by atoms with E-state index in [0.29, 0.717) is 5.92 Å². The van der Waals surface area contributed by atoms with E-state index in [9.17, 15) is 0 Å². The molecule has 0 amide bonds. The van der Waals surface area contributed by atoms with Crippen LogP contribution in [-0.2, 0) is 0 Å². The van der Waals surface area contributed by atoms with Crippen LogP contribution in [0.3, 0.4) is 0 Å². The smallest absolute Gasteiger partial charge is 0.137 e. The number of pyridine rings is 3. The Balaban J connectivity index is 1.35. The van der Waals surface area contributed by atoms with Crippen molar-refractivity contribution in [1.82, 2.24) is 30.1 Å². The van der Waals surface area contributed by atoms with Crippen LogP contribution in [0.5, 0.6) is 0 Å². The van der Waals surface area contributed by atoms with Crippen LogP contribution in [0, 0.1) is 5.92 Å². The zero-order chi connectivity index (χ0) is 25.4. The first kappa shape index (κ1) is 23.2. The highest BCUT2D eigenvalue weighted by atomic mass is 15.2. The van der Waals surface area contributed by atoms with Gasteiger partial charge in [-0.25, -0.2) is 4.98 Å². The zero-order valence-electron chi connectivity index (χ0n) is 21.4. The van der Waals surface area contributed by atoms with Crippen LogP contribution in [0.15, 0.2) is 61.3 Å². The van der Waals surface area contributed by atoms with Crippen molar-refractivity contribution in [1.29, 1.82) is 0 Å². The van der Waals surface area contributed by atoms with Gasteiger partial charge in [0.1, 0.15) is 11.5 Å². The first-order valence-electron chi connectivity index (χ1n) is 13.0. The number of fused-ring (bicyclic) bond motifs is 2. The van der Waals surface area contributed by atoms with Crippen molar-refractivity contribution in [2.45, 2.75) is 39.5 Å². The molecule has 1 aliphatic rings. The molecule has 0 aliphatic carbocycles. The molecule has 0 unspecified atom stereocenters. The van der Waals surface area contributed by atoms with Crippen LogP contribution >= 0.6 is 0 Å². The molecule has 6 rings (SSSR count). The van der Waals surface area contributed by atoms with Gasteiger partial charge in [-0.2, -0.15) is 5.10 Å². The molecule has 8 nitrogen and oxygen atoms in total. The number of aromatic nitrogens is 6. The summed E-state index contributed by atoms with van der Waals surface area (Å²) in [5, 5.41) is 13.3. The molecule has 0 atom stereocenters. The molecule has 0 saturated carbocycles. The summed E-state index contributed by atoms with van der Waals surface area (Å²) >= 11 is 0. The van der Waals surface area contributed by atoms with Gasteiger partial charge >= 0.3 is 0 Å². The van der Waals surface area contributed by atoms with Crippen LogP contribution in [0.2, 0.25) is 0 Å². The Labute approximate surface area is 216 Å². The number of hydrogen-bond acceptors (Lipinski definition) is 6. The number of H-pyrrole nitrogens is 2. The molecule has 1 saturated heterocycles. The molecule has 1 fully saturated rings. The van der Waals surface area contributed by atoms with E-state index in [4.69, 9.17) is 4.98 Å². The van der Waals surface area contributed by atoms with Crippen LogP contribution in [0.1, 0.15) is 39.5 Å². The summed E-state index contributed by atoms with van der Waals surface area (Å²) < 4.78 is 0. The number of aromatic amines is 2. The van der Waals surface area contributed by atoms with Crippen molar-refractivity contribution >= 4 is 33.3 Å². The summed E-state index contributed by atoms with van der Waals surface area (Å²) in [6.07, 6.45) is 12.0. The molecule has 0 bridgehead atoms. The van der Waals surface area contributed by atoms with Crippen molar-refractivity contribution in [2.24, 2.45) is 5.92 Å². The Morgan fingerprint density at radius 1 is 1.03 bits per heavy atom. The van der Waals surface area contributed by atoms with Gasteiger partial charge in [-0.1, -0.05) is 20.4 Å². The third kappa shape index (κ3) is 4.67. The molecular formula is C29H32N8. The third-order valence-electron chi connectivity index (χ3n) is 6.89. The van der Waals surface area contributed by atoms with E-state index in [1.807, 2.05) is 30.9 Å². The molecule has 3 N–H and O–H groups in total. The molecule has 37 heavy (non-hydrogen) atoms. The van der Waals surface area contributed by atoms with Gasteiger partial charge in [0.2, 0.25) is 0 Å². The van der Waals surface area contributed by atoms with E-state index < -0.39 is 0 Å². The van der Waals surface area contributed by atoms with E-state index in [1.54, 1.807) is 0 Å². The maximum atomic E-state index is 4.73. The van der Waals surface area contributed by atoms with E-state index in [2.05, 4.69) is 74.0 Å². The maximum absolute atomic E-state index is 4.73. The lowest BCUT2D eigenvalue weighted by Gasteiger charge is -2.28. The largest absolute Gasteiger partial charge is 0.358 e. The lowest BCUT2D eigenvalue weighted by atomic mass is 10.1. The fourth-order valence-electron chi connectivity index (χ4n) is 5.20. The van der Waals surface area contributed by atoms with Gasteiger partial charge in [-0.05, 0) is 55.9 Å². The first-order valence-corrected chi connectivity index (χ1v) is 13.0. The normalized spacial score (nSPS) is 14.1. The van der Waals surface area contributed by atoms with Crippen molar-refractivity contribution in [3.05, 3.63) is 61.3 Å². The highest BCUT2D eigenvalue weighted by molar-refractivity contribution is 5.99. The Bertz CT molecular complexity index is 1570. The second-order valence-electron chi connectivity index (χ2n) is 10.3. The number of allylic oxidation sites excluding steroid dienone is 1. The number of nitrogens with one attached hydrogen (secondary N) is 3. The second kappa shape index (κ2) is 9.69. The topological polar surface area (TPSA) is 98.4 Å². The molecule has 5 aromatic heterocycles.